The zero-order valence-electron chi connectivity index (χ0n) is 15.3. The second kappa shape index (κ2) is 8.27. The summed E-state index contributed by atoms with van der Waals surface area (Å²) >= 11 is 0. The number of carbonyl (C=O) groups excluding carboxylic acids is 1. The summed E-state index contributed by atoms with van der Waals surface area (Å²) in [7, 11) is 0. The Morgan fingerprint density at radius 2 is 1.89 bits per heavy atom. The molecule has 0 radical (unpaired) electrons. The maximum Gasteiger partial charge on any atom is 0.258 e. The molecule has 1 amide bonds. The van der Waals surface area contributed by atoms with E-state index in [2.05, 4.69) is 16.3 Å². The van der Waals surface area contributed by atoms with Crippen LogP contribution in [0.1, 0.15) is 24.6 Å². The highest BCUT2D eigenvalue weighted by molar-refractivity contribution is 5.84. The third-order valence-electron chi connectivity index (χ3n) is 5.04. The molecule has 0 aliphatic carbocycles. The van der Waals surface area contributed by atoms with Crippen LogP contribution in [-0.2, 0) is 4.79 Å². The van der Waals surface area contributed by atoms with Gasteiger partial charge in [-0.1, -0.05) is 30.3 Å². The van der Waals surface area contributed by atoms with Crippen molar-refractivity contribution in [2.24, 2.45) is 0 Å². The highest BCUT2D eigenvalue weighted by atomic mass is 16.5. The van der Waals surface area contributed by atoms with Crippen LogP contribution in [0.15, 0.2) is 65.3 Å². The van der Waals surface area contributed by atoms with Gasteiger partial charge in [0.1, 0.15) is 11.5 Å². The molecule has 1 atom stereocenters. The Balaban J connectivity index is 1.32. The molecular formula is C22H24N2O3. The minimum Gasteiger partial charge on any atom is -0.484 e. The van der Waals surface area contributed by atoms with Crippen LogP contribution in [0.4, 0.5) is 0 Å². The summed E-state index contributed by atoms with van der Waals surface area (Å²) in [6, 6.07) is 17.9. The number of rotatable bonds is 7. The van der Waals surface area contributed by atoms with E-state index in [0.717, 1.165) is 29.6 Å². The lowest BCUT2D eigenvalue weighted by Crippen LogP contribution is -2.38. The number of nitrogens with one attached hydrogen (secondary N) is 1. The van der Waals surface area contributed by atoms with Gasteiger partial charge in [0.25, 0.3) is 5.91 Å². The van der Waals surface area contributed by atoms with Crippen LogP contribution < -0.4 is 10.1 Å². The minimum absolute atomic E-state index is 0.00319. The predicted octanol–water partition coefficient (Wildman–Crippen LogP) is 3.76. The molecule has 1 aromatic heterocycles. The van der Waals surface area contributed by atoms with Gasteiger partial charge in [0.15, 0.2) is 6.61 Å². The van der Waals surface area contributed by atoms with Crippen LogP contribution in [0.5, 0.6) is 5.75 Å². The largest absolute Gasteiger partial charge is 0.484 e. The van der Waals surface area contributed by atoms with Crippen molar-refractivity contribution in [3.63, 3.8) is 0 Å². The molecule has 5 heteroatoms. The zero-order chi connectivity index (χ0) is 18.5. The van der Waals surface area contributed by atoms with E-state index in [9.17, 15) is 4.79 Å². The number of likely N-dealkylation sites (tertiary alicyclic amines) is 1. The summed E-state index contributed by atoms with van der Waals surface area (Å²) in [5.74, 6) is 1.47. The number of carbonyl (C=O) groups is 1. The molecule has 0 bridgehead atoms. The van der Waals surface area contributed by atoms with Crippen LogP contribution in [0.3, 0.4) is 0 Å². The van der Waals surface area contributed by atoms with E-state index in [1.807, 2.05) is 48.5 Å². The lowest BCUT2D eigenvalue weighted by Gasteiger charge is -2.26. The number of fused-ring (bicyclic) bond motifs is 1. The summed E-state index contributed by atoms with van der Waals surface area (Å²) in [6.45, 7) is 2.60. The number of benzene rings is 2. The van der Waals surface area contributed by atoms with Gasteiger partial charge >= 0.3 is 0 Å². The quantitative estimate of drug-likeness (QED) is 0.693. The van der Waals surface area contributed by atoms with Gasteiger partial charge in [-0.25, -0.2) is 0 Å². The number of furan rings is 1. The van der Waals surface area contributed by atoms with Crippen molar-refractivity contribution in [1.29, 1.82) is 0 Å². The summed E-state index contributed by atoms with van der Waals surface area (Å²) in [5, 5.41) is 5.24. The Hall–Kier alpha value is -2.79. The molecule has 4 rings (SSSR count). The van der Waals surface area contributed by atoms with Crippen LogP contribution in [0.2, 0.25) is 0 Å². The first-order valence-electron chi connectivity index (χ1n) is 9.45. The Morgan fingerprint density at radius 1 is 1.07 bits per heavy atom. The Kier molecular flexibility index (Phi) is 5.39. The molecule has 0 unspecified atom stereocenters. The predicted molar refractivity (Wildman–Crippen MR) is 105 cm³/mol. The fourth-order valence-electron chi connectivity index (χ4n) is 3.61. The lowest BCUT2D eigenvalue weighted by molar-refractivity contribution is -0.123. The molecule has 0 saturated carbocycles. The van der Waals surface area contributed by atoms with Crippen molar-refractivity contribution < 1.29 is 13.9 Å². The van der Waals surface area contributed by atoms with Crippen molar-refractivity contribution in [3.05, 3.63) is 66.6 Å². The summed E-state index contributed by atoms with van der Waals surface area (Å²) in [4.78, 5) is 14.6. The summed E-state index contributed by atoms with van der Waals surface area (Å²) in [6.07, 6.45) is 4.07. The minimum atomic E-state index is -0.126. The maximum absolute atomic E-state index is 12.3. The maximum atomic E-state index is 12.3. The lowest BCUT2D eigenvalue weighted by atomic mass is 10.1. The smallest absolute Gasteiger partial charge is 0.258 e. The Bertz CT molecular complexity index is 885. The van der Waals surface area contributed by atoms with Crippen LogP contribution >= 0.6 is 0 Å². The topological polar surface area (TPSA) is 54.7 Å². The van der Waals surface area contributed by atoms with Gasteiger partial charge in [0.05, 0.1) is 12.3 Å². The summed E-state index contributed by atoms with van der Waals surface area (Å²) in [5.41, 5.74) is 0. The first-order chi connectivity index (χ1) is 13.3. The first-order valence-corrected chi connectivity index (χ1v) is 9.45. The van der Waals surface area contributed by atoms with Gasteiger partial charge < -0.3 is 14.5 Å². The SMILES string of the molecule is O=C(COc1ccc2ccccc2c1)NC[C@@H](c1ccco1)N1CCCC1. The highest BCUT2D eigenvalue weighted by Crippen LogP contribution is 2.25. The van der Waals surface area contributed by atoms with Crippen LogP contribution in [-0.4, -0.2) is 37.0 Å². The van der Waals surface area contributed by atoms with Crippen LogP contribution in [0.25, 0.3) is 10.8 Å². The number of hydrogen-bond donors (Lipinski definition) is 1. The molecule has 0 spiro atoms. The highest BCUT2D eigenvalue weighted by Gasteiger charge is 2.25. The van der Waals surface area contributed by atoms with Gasteiger partial charge in [-0.2, -0.15) is 0 Å². The second-order valence-electron chi connectivity index (χ2n) is 6.88. The molecule has 2 aromatic carbocycles. The molecule has 1 aliphatic heterocycles. The van der Waals surface area contributed by atoms with Crippen LogP contribution in [0, 0.1) is 0 Å². The fourth-order valence-corrected chi connectivity index (χ4v) is 3.61. The van der Waals surface area contributed by atoms with Gasteiger partial charge in [-0.05, 0) is 61.0 Å². The standard InChI is InChI=1S/C22H24N2O3/c25-22(16-27-19-10-9-17-6-1-2-7-18(17)14-19)23-15-20(21-8-5-13-26-21)24-11-3-4-12-24/h1-2,5-10,13-14,20H,3-4,11-12,15-16H2,(H,23,25)/t20-/m0/s1. The van der Waals surface area contributed by atoms with E-state index in [-0.39, 0.29) is 18.6 Å². The Morgan fingerprint density at radius 3 is 2.67 bits per heavy atom. The van der Waals surface area contributed by atoms with E-state index in [1.165, 1.54) is 12.8 Å². The van der Waals surface area contributed by atoms with Crippen molar-refractivity contribution in [2.45, 2.75) is 18.9 Å². The van der Waals surface area contributed by atoms with E-state index in [4.69, 9.17) is 9.15 Å². The normalized spacial score (nSPS) is 15.7. The van der Waals surface area contributed by atoms with Crippen molar-refractivity contribution in [1.82, 2.24) is 10.2 Å². The van der Waals surface area contributed by atoms with Gasteiger partial charge in [-0.15, -0.1) is 0 Å². The molecule has 5 nitrogen and oxygen atoms in total. The monoisotopic (exact) mass is 364 g/mol. The molecule has 3 aromatic rings. The zero-order valence-corrected chi connectivity index (χ0v) is 15.3. The van der Waals surface area contributed by atoms with E-state index < -0.39 is 0 Å². The second-order valence-corrected chi connectivity index (χ2v) is 6.88. The third-order valence-corrected chi connectivity index (χ3v) is 5.04. The average molecular weight is 364 g/mol. The van der Waals surface area contributed by atoms with Crippen molar-refractivity contribution in [2.75, 3.05) is 26.2 Å². The number of nitrogens with zero attached hydrogens (tertiary/aromatic N) is 1. The molecule has 2 heterocycles. The van der Waals surface area contributed by atoms with E-state index >= 15 is 0 Å². The Labute approximate surface area is 158 Å². The van der Waals surface area contributed by atoms with Crippen molar-refractivity contribution in [3.8, 4) is 5.75 Å². The third kappa shape index (κ3) is 4.31. The van der Waals surface area contributed by atoms with E-state index in [1.54, 1.807) is 6.26 Å². The summed E-state index contributed by atoms with van der Waals surface area (Å²) < 4.78 is 11.3. The fraction of sp³-hybridized carbons (Fsp3) is 0.318. The number of hydrogen-bond acceptors (Lipinski definition) is 4. The van der Waals surface area contributed by atoms with Crippen molar-refractivity contribution >= 4 is 16.7 Å². The number of ether oxygens (including phenoxy) is 1. The number of amides is 1. The molecule has 1 N–H and O–H groups in total. The van der Waals surface area contributed by atoms with Gasteiger partial charge in [-0.3, -0.25) is 9.69 Å². The molecule has 1 saturated heterocycles. The average Bonchev–Trinajstić information content (AvgIpc) is 3.41. The molecule has 1 aliphatic rings. The first kappa shape index (κ1) is 17.6. The molecular weight excluding hydrogens is 340 g/mol. The molecule has 1 fully saturated rings. The molecule has 140 valence electrons. The van der Waals surface area contributed by atoms with E-state index in [0.29, 0.717) is 12.3 Å². The molecule has 27 heavy (non-hydrogen) atoms. The van der Waals surface area contributed by atoms with Gasteiger partial charge in [0.2, 0.25) is 0 Å². The van der Waals surface area contributed by atoms with Gasteiger partial charge in [0, 0.05) is 6.54 Å².